The average molecular weight is 328 g/mol. The van der Waals surface area contributed by atoms with Crippen molar-refractivity contribution in [3.05, 3.63) is 22.4 Å². The monoisotopic (exact) mass is 327 g/mol. The molecule has 0 radical (unpaired) electrons. The van der Waals surface area contributed by atoms with Gasteiger partial charge in [0.2, 0.25) is 5.91 Å². The fourth-order valence-corrected chi connectivity index (χ4v) is 4.80. The van der Waals surface area contributed by atoms with Gasteiger partial charge in [-0.25, -0.2) is 0 Å². The molecule has 5 heteroatoms. The van der Waals surface area contributed by atoms with Crippen LogP contribution in [0.4, 0.5) is 0 Å². The van der Waals surface area contributed by atoms with E-state index in [0.717, 1.165) is 25.7 Å². The average Bonchev–Trinajstić information content (AvgIpc) is 3.00. The van der Waals surface area contributed by atoms with Crippen LogP contribution in [0.25, 0.3) is 0 Å². The van der Waals surface area contributed by atoms with Gasteiger partial charge in [0.05, 0.1) is 11.0 Å². The predicted molar refractivity (Wildman–Crippen MR) is 91.1 cm³/mol. The molecule has 2 rings (SSSR count). The molecule has 1 fully saturated rings. The Labute approximate surface area is 135 Å². The van der Waals surface area contributed by atoms with E-state index >= 15 is 0 Å². The van der Waals surface area contributed by atoms with Crippen LogP contribution >= 0.6 is 23.1 Å². The van der Waals surface area contributed by atoms with Gasteiger partial charge in [0.15, 0.2) is 0 Å². The third-order valence-corrected chi connectivity index (χ3v) is 6.20. The first-order valence-electron chi connectivity index (χ1n) is 7.54. The molecule has 3 nitrogen and oxygen atoms in total. The molecule has 1 heterocycles. The summed E-state index contributed by atoms with van der Waals surface area (Å²) in [5.41, 5.74) is -1.22. The lowest BCUT2D eigenvalue weighted by Crippen LogP contribution is -2.50. The normalized spacial score (nSPS) is 20.7. The van der Waals surface area contributed by atoms with Gasteiger partial charge >= 0.3 is 0 Å². The number of nitrogens with one attached hydrogen (secondary N) is 1. The van der Waals surface area contributed by atoms with Crippen LogP contribution in [-0.2, 0) is 10.2 Å². The van der Waals surface area contributed by atoms with Crippen molar-refractivity contribution in [1.82, 2.24) is 5.32 Å². The van der Waals surface area contributed by atoms with E-state index in [1.807, 2.05) is 17.7 Å². The van der Waals surface area contributed by atoms with E-state index in [1.54, 1.807) is 30.0 Å². The smallest absolute Gasteiger partial charge is 0.231 e. The second-order valence-corrected chi connectivity index (χ2v) is 8.05. The van der Waals surface area contributed by atoms with Crippen molar-refractivity contribution in [2.45, 2.75) is 50.0 Å². The predicted octanol–water partition coefficient (Wildman–Crippen LogP) is 3.18. The van der Waals surface area contributed by atoms with E-state index in [4.69, 9.17) is 0 Å². The van der Waals surface area contributed by atoms with E-state index < -0.39 is 5.60 Å². The molecule has 1 aromatic rings. The first-order chi connectivity index (χ1) is 10.0. The number of carbonyl (C=O) groups is 1. The molecule has 0 bridgehead atoms. The maximum absolute atomic E-state index is 12.8. The Kier molecular flexibility index (Phi) is 5.74. The first-order valence-corrected chi connectivity index (χ1v) is 9.81. The number of hydrogen-bond acceptors (Lipinski definition) is 4. The fraction of sp³-hybridized carbons (Fsp3) is 0.688. The van der Waals surface area contributed by atoms with E-state index in [2.05, 4.69) is 11.4 Å². The molecule has 1 saturated carbocycles. The van der Waals surface area contributed by atoms with Gasteiger partial charge in [-0.1, -0.05) is 25.3 Å². The fourth-order valence-electron chi connectivity index (χ4n) is 3.09. The summed E-state index contributed by atoms with van der Waals surface area (Å²) in [6.07, 6.45) is 7.22. The highest BCUT2D eigenvalue weighted by atomic mass is 32.2. The van der Waals surface area contributed by atoms with E-state index in [-0.39, 0.29) is 11.3 Å². The number of thioether (sulfide) groups is 1. The molecular weight excluding hydrogens is 302 g/mol. The first kappa shape index (κ1) is 16.8. The number of thiophene rings is 1. The quantitative estimate of drug-likeness (QED) is 0.844. The van der Waals surface area contributed by atoms with Crippen molar-refractivity contribution in [2.75, 3.05) is 18.6 Å². The molecule has 1 atom stereocenters. The summed E-state index contributed by atoms with van der Waals surface area (Å²) in [7, 11) is 0. The minimum Gasteiger partial charge on any atom is -0.387 e. The van der Waals surface area contributed by atoms with Gasteiger partial charge in [0.1, 0.15) is 0 Å². The zero-order chi connectivity index (χ0) is 15.3. The topological polar surface area (TPSA) is 49.3 Å². The van der Waals surface area contributed by atoms with Crippen molar-refractivity contribution < 1.29 is 9.90 Å². The molecule has 1 amide bonds. The van der Waals surface area contributed by atoms with Gasteiger partial charge in [-0.3, -0.25) is 4.79 Å². The van der Waals surface area contributed by atoms with Crippen molar-refractivity contribution in [2.24, 2.45) is 0 Å². The summed E-state index contributed by atoms with van der Waals surface area (Å²) in [6, 6.07) is 4.10. The van der Waals surface area contributed by atoms with Gasteiger partial charge < -0.3 is 10.4 Å². The lowest BCUT2D eigenvalue weighted by molar-refractivity contribution is -0.128. The third-order valence-electron chi connectivity index (χ3n) is 4.22. The maximum Gasteiger partial charge on any atom is 0.231 e. The third kappa shape index (κ3) is 4.02. The Hall–Kier alpha value is -0.520. The summed E-state index contributed by atoms with van der Waals surface area (Å²) in [5, 5.41) is 15.3. The van der Waals surface area contributed by atoms with Crippen molar-refractivity contribution >= 4 is 29.0 Å². The van der Waals surface area contributed by atoms with Crippen LogP contribution < -0.4 is 5.32 Å². The van der Waals surface area contributed by atoms with Gasteiger partial charge in [-0.15, -0.1) is 11.3 Å². The van der Waals surface area contributed by atoms with Gasteiger partial charge in [0.25, 0.3) is 0 Å². The molecule has 0 saturated heterocycles. The highest BCUT2D eigenvalue weighted by Crippen LogP contribution is 2.41. The summed E-state index contributed by atoms with van der Waals surface area (Å²) in [5.74, 6) is 0.713. The zero-order valence-electron chi connectivity index (χ0n) is 12.9. The largest absolute Gasteiger partial charge is 0.387 e. The van der Waals surface area contributed by atoms with Gasteiger partial charge in [0, 0.05) is 17.2 Å². The molecule has 1 unspecified atom stereocenters. The minimum absolute atomic E-state index is 0.0889. The van der Waals surface area contributed by atoms with Crippen LogP contribution in [0.15, 0.2) is 17.5 Å². The second kappa shape index (κ2) is 7.16. The Balaban J connectivity index is 2.09. The minimum atomic E-state index is -0.847. The van der Waals surface area contributed by atoms with Crippen molar-refractivity contribution in [1.29, 1.82) is 0 Å². The standard InChI is InChI=1S/C16H25NO2S2/c1-15(19,12-20-2)11-17-14(18)16(8-4-3-5-9-16)13-7-6-10-21-13/h6-7,10,19H,3-5,8-9,11-12H2,1-2H3,(H,17,18). The maximum atomic E-state index is 12.8. The van der Waals surface area contributed by atoms with Gasteiger partial charge in [-0.05, 0) is 37.5 Å². The SMILES string of the molecule is CSCC(C)(O)CNC(=O)C1(c2cccs2)CCCCC1. The summed E-state index contributed by atoms with van der Waals surface area (Å²) < 4.78 is 0. The summed E-state index contributed by atoms with van der Waals surface area (Å²) in [6.45, 7) is 2.10. The van der Waals surface area contributed by atoms with Crippen LogP contribution in [-0.4, -0.2) is 35.2 Å². The number of carbonyl (C=O) groups excluding carboxylic acids is 1. The number of aliphatic hydroxyl groups is 1. The second-order valence-electron chi connectivity index (χ2n) is 6.23. The van der Waals surface area contributed by atoms with Crippen LogP contribution in [0.1, 0.15) is 43.9 Å². The summed E-state index contributed by atoms with van der Waals surface area (Å²) >= 11 is 3.27. The molecule has 0 spiro atoms. The molecule has 2 N–H and O–H groups in total. The zero-order valence-corrected chi connectivity index (χ0v) is 14.5. The Morgan fingerprint density at radius 1 is 1.48 bits per heavy atom. The van der Waals surface area contributed by atoms with E-state index in [9.17, 15) is 9.90 Å². The van der Waals surface area contributed by atoms with Crippen molar-refractivity contribution in [3.8, 4) is 0 Å². The van der Waals surface area contributed by atoms with Crippen LogP contribution in [0.3, 0.4) is 0 Å². The summed E-state index contributed by atoms with van der Waals surface area (Å²) in [4.78, 5) is 14.0. The van der Waals surface area contributed by atoms with Crippen molar-refractivity contribution in [3.63, 3.8) is 0 Å². The molecular formula is C16H25NO2S2. The Morgan fingerprint density at radius 3 is 2.76 bits per heavy atom. The molecule has 118 valence electrons. The van der Waals surface area contributed by atoms with Crippen LogP contribution in [0.2, 0.25) is 0 Å². The molecule has 1 aromatic heterocycles. The Morgan fingerprint density at radius 2 is 2.19 bits per heavy atom. The molecule has 1 aliphatic carbocycles. The lowest BCUT2D eigenvalue weighted by Gasteiger charge is -2.36. The molecule has 1 aliphatic rings. The number of rotatable bonds is 6. The lowest BCUT2D eigenvalue weighted by atomic mass is 9.72. The van der Waals surface area contributed by atoms with Crippen LogP contribution in [0.5, 0.6) is 0 Å². The number of amides is 1. The van der Waals surface area contributed by atoms with Gasteiger partial charge in [-0.2, -0.15) is 11.8 Å². The van der Waals surface area contributed by atoms with E-state index in [0.29, 0.717) is 12.3 Å². The molecule has 21 heavy (non-hydrogen) atoms. The Bertz CT molecular complexity index is 451. The number of hydrogen-bond donors (Lipinski definition) is 2. The van der Waals surface area contributed by atoms with Crippen LogP contribution in [0, 0.1) is 0 Å². The van der Waals surface area contributed by atoms with E-state index in [1.165, 1.54) is 11.3 Å². The molecule has 0 aromatic carbocycles. The highest BCUT2D eigenvalue weighted by Gasteiger charge is 2.42. The molecule has 0 aliphatic heterocycles. The highest BCUT2D eigenvalue weighted by molar-refractivity contribution is 7.98.